The number of nitrogens with one attached hydrogen (secondary N) is 1. The highest BCUT2D eigenvalue weighted by molar-refractivity contribution is 7.16. The number of hydrogen-bond donors (Lipinski definition) is 1. The average molecular weight is 272 g/mol. The van der Waals surface area contributed by atoms with Crippen molar-refractivity contribution in [3.63, 3.8) is 0 Å². The van der Waals surface area contributed by atoms with Gasteiger partial charge >= 0.3 is 0 Å². The third kappa shape index (κ3) is 3.97. The summed E-state index contributed by atoms with van der Waals surface area (Å²) in [6.45, 7) is 0. The van der Waals surface area contributed by atoms with Gasteiger partial charge in [0.2, 0.25) is 0 Å². The fraction of sp³-hybridized carbons (Fsp3) is 0.714. The minimum atomic E-state index is 0.496. The summed E-state index contributed by atoms with van der Waals surface area (Å²) in [7, 11) is 2.06. The van der Waals surface area contributed by atoms with Crippen molar-refractivity contribution in [2.24, 2.45) is 5.92 Å². The molecule has 0 bridgehead atoms. The summed E-state index contributed by atoms with van der Waals surface area (Å²) in [5.74, 6) is 0.899. The van der Waals surface area contributed by atoms with Crippen LogP contribution in [0.5, 0.6) is 0 Å². The van der Waals surface area contributed by atoms with E-state index in [1.807, 2.05) is 6.07 Å². The number of halogens is 1. The molecule has 1 heterocycles. The maximum atomic E-state index is 6.02. The molecule has 1 fully saturated rings. The Balaban J connectivity index is 1.94. The first-order valence-electron chi connectivity index (χ1n) is 6.72. The van der Waals surface area contributed by atoms with Gasteiger partial charge in [0.25, 0.3) is 0 Å². The third-order valence-electron chi connectivity index (χ3n) is 3.83. The van der Waals surface area contributed by atoms with Crippen LogP contribution in [0.15, 0.2) is 12.1 Å². The molecular formula is C14H22ClNS. The summed E-state index contributed by atoms with van der Waals surface area (Å²) in [6.07, 6.45) is 9.82. The Hall–Kier alpha value is -0.0500. The highest BCUT2D eigenvalue weighted by atomic mass is 35.5. The lowest BCUT2D eigenvalue weighted by Crippen LogP contribution is -2.18. The van der Waals surface area contributed by atoms with Crippen molar-refractivity contribution in [1.29, 1.82) is 0 Å². The molecule has 0 radical (unpaired) electrons. The second-order valence-electron chi connectivity index (χ2n) is 5.08. The van der Waals surface area contributed by atoms with Crippen LogP contribution in [0.4, 0.5) is 0 Å². The van der Waals surface area contributed by atoms with E-state index in [1.165, 1.54) is 49.8 Å². The van der Waals surface area contributed by atoms with Crippen LogP contribution in [0.2, 0.25) is 4.34 Å². The van der Waals surface area contributed by atoms with E-state index < -0.39 is 0 Å². The zero-order valence-corrected chi connectivity index (χ0v) is 12.1. The minimum Gasteiger partial charge on any atom is -0.312 e. The predicted octanol–water partition coefficient (Wildman–Crippen LogP) is 5.02. The standard InChI is InChI=1S/C14H22ClNS/c1-16-12(13-8-9-14(15)17-13)10-11-6-4-2-3-5-7-11/h8-9,11-12,16H,2-7,10H2,1H3. The van der Waals surface area contributed by atoms with Gasteiger partial charge in [0.1, 0.15) is 0 Å². The molecule has 0 saturated heterocycles. The van der Waals surface area contributed by atoms with Crippen LogP contribution in [0.3, 0.4) is 0 Å². The van der Waals surface area contributed by atoms with Gasteiger partial charge in [-0.1, -0.05) is 50.1 Å². The Morgan fingerprint density at radius 3 is 2.53 bits per heavy atom. The molecule has 1 saturated carbocycles. The molecule has 96 valence electrons. The maximum Gasteiger partial charge on any atom is 0.0931 e. The summed E-state index contributed by atoms with van der Waals surface area (Å²) in [6, 6.07) is 4.68. The van der Waals surface area contributed by atoms with Gasteiger partial charge in [-0.3, -0.25) is 0 Å². The van der Waals surface area contributed by atoms with Gasteiger partial charge in [-0.2, -0.15) is 0 Å². The Kier molecular flexibility index (Phi) is 5.33. The quantitative estimate of drug-likeness (QED) is 0.758. The first-order chi connectivity index (χ1) is 8.29. The van der Waals surface area contributed by atoms with E-state index in [9.17, 15) is 0 Å². The summed E-state index contributed by atoms with van der Waals surface area (Å²) < 4.78 is 0.904. The summed E-state index contributed by atoms with van der Waals surface area (Å²) in [5, 5.41) is 3.45. The van der Waals surface area contributed by atoms with Gasteiger partial charge in [0.15, 0.2) is 0 Å². The molecule has 1 aromatic rings. The molecule has 0 spiro atoms. The first-order valence-corrected chi connectivity index (χ1v) is 7.91. The third-order valence-corrected chi connectivity index (χ3v) is 5.17. The molecule has 3 heteroatoms. The van der Waals surface area contributed by atoms with Gasteiger partial charge in [-0.15, -0.1) is 11.3 Å². The molecule has 1 aliphatic rings. The molecule has 0 aromatic carbocycles. The number of thiophene rings is 1. The van der Waals surface area contributed by atoms with Crippen molar-refractivity contribution < 1.29 is 0 Å². The lowest BCUT2D eigenvalue weighted by Gasteiger charge is -2.21. The highest BCUT2D eigenvalue weighted by Gasteiger charge is 2.19. The lowest BCUT2D eigenvalue weighted by molar-refractivity contribution is 0.371. The monoisotopic (exact) mass is 271 g/mol. The van der Waals surface area contributed by atoms with Gasteiger partial charge in [-0.25, -0.2) is 0 Å². The number of hydrogen-bond acceptors (Lipinski definition) is 2. The van der Waals surface area contributed by atoms with Gasteiger partial charge in [0, 0.05) is 10.9 Å². The fourth-order valence-corrected chi connectivity index (χ4v) is 4.01. The number of rotatable bonds is 4. The van der Waals surface area contributed by atoms with E-state index in [2.05, 4.69) is 18.4 Å². The molecular weight excluding hydrogens is 250 g/mol. The second kappa shape index (κ2) is 6.77. The molecule has 1 N–H and O–H groups in total. The molecule has 0 amide bonds. The summed E-state index contributed by atoms with van der Waals surface area (Å²) >= 11 is 7.74. The topological polar surface area (TPSA) is 12.0 Å². The van der Waals surface area contributed by atoms with Crippen molar-refractivity contribution in [2.45, 2.75) is 51.0 Å². The van der Waals surface area contributed by atoms with Crippen molar-refractivity contribution in [2.75, 3.05) is 7.05 Å². The Morgan fingerprint density at radius 1 is 1.29 bits per heavy atom. The van der Waals surface area contributed by atoms with Gasteiger partial charge in [-0.05, 0) is 31.5 Å². The van der Waals surface area contributed by atoms with Crippen LogP contribution in [0, 0.1) is 5.92 Å². The fourth-order valence-electron chi connectivity index (χ4n) is 2.82. The normalized spacial score (nSPS) is 20.1. The lowest BCUT2D eigenvalue weighted by atomic mass is 9.92. The molecule has 0 aliphatic heterocycles. The smallest absolute Gasteiger partial charge is 0.0931 e. The summed E-state index contributed by atoms with van der Waals surface area (Å²) in [4.78, 5) is 1.39. The minimum absolute atomic E-state index is 0.496. The van der Waals surface area contributed by atoms with E-state index in [1.54, 1.807) is 11.3 Å². The van der Waals surface area contributed by atoms with Crippen molar-refractivity contribution in [3.8, 4) is 0 Å². The van der Waals surface area contributed by atoms with E-state index in [0.29, 0.717) is 6.04 Å². The molecule has 1 aliphatic carbocycles. The SMILES string of the molecule is CNC(CC1CCCCCC1)c1ccc(Cl)s1. The van der Waals surface area contributed by atoms with E-state index >= 15 is 0 Å². The van der Waals surface area contributed by atoms with Crippen LogP contribution in [0.1, 0.15) is 55.9 Å². The van der Waals surface area contributed by atoms with E-state index in [4.69, 9.17) is 11.6 Å². The first kappa shape index (κ1) is 13.4. The maximum absolute atomic E-state index is 6.02. The largest absolute Gasteiger partial charge is 0.312 e. The predicted molar refractivity (Wildman–Crippen MR) is 76.9 cm³/mol. The Labute approximate surface area is 114 Å². The zero-order chi connectivity index (χ0) is 12.1. The average Bonchev–Trinajstić information content (AvgIpc) is 2.62. The Morgan fingerprint density at radius 2 is 2.00 bits per heavy atom. The van der Waals surface area contributed by atoms with Gasteiger partial charge in [0.05, 0.1) is 4.34 Å². The van der Waals surface area contributed by atoms with Crippen molar-refractivity contribution in [1.82, 2.24) is 5.32 Å². The van der Waals surface area contributed by atoms with Crippen molar-refractivity contribution >= 4 is 22.9 Å². The van der Waals surface area contributed by atoms with Crippen LogP contribution in [-0.2, 0) is 0 Å². The van der Waals surface area contributed by atoms with Crippen LogP contribution in [0.25, 0.3) is 0 Å². The molecule has 1 nitrogen and oxygen atoms in total. The van der Waals surface area contributed by atoms with Crippen LogP contribution < -0.4 is 5.32 Å². The van der Waals surface area contributed by atoms with E-state index in [0.717, 1.165) is 10.3 Å². The van der Waals surface area contributed by atoms with Gasteiger partial charge < -0.3 is 5.32 Å². The molecule has 17 heavy (non-hydrogen) atoms. The molecule has 1 unspecified atom stereocenters. The van der Waals surface area contributed by atoms with Crippen LogP contribution in [-0.4, -0.2) is 7.05 Å². The highest BCUT2D eigenvalue weighted by Crippen LogP contribution is 2.34. The zero-order valence-electron chi connectivity index (χ0n) is 10.5. The second-order valence-corrected chi connectivity index (χ2v) is 6.82. The van der Waals surface area contributed by atoms with Crippen LogP contribution >= 0.6 is 22.9 Å². The van der Waals surface area contributed by atoms with E-state index in [-0.39, 0.29) is 0 Å². The Bertz CT molecular complexity index is 329. The molecule has 1 aromatic heterocycles. The molecule has 1 atom stereocenters. The summed E-state index contributed by atoms with van der Waals surface area (Å²) in [5.41, 5.74) is 0. The van der Waals surface area contributed by atoms with Crippen molar-refractivity contribution in [3.05, 3.63) is 21.3 Å². The molecule has 2 rings (SSSR count).